The summed E-state index contributed by atoms with van der Waals surface area (Å²) in [4.78, 5) is 10.9. The van der Waals surface area contributed by atoms with Crippen LogP contribution in [0.1, 0.15) is 18.2 Å². The first kappa shape index (κ1) is 13.4. The Hall–Kier alpha value is -2.01. The maximum atomic E-state index is 5.71. The fourth-order valence-corrected chi connectivity index (χ4v) is 2.03. The normalized spacial score (nSPS) is 10.2. The van der Waals surface area contributed by atoms with Gasteiger partial charge in [-0.3, -0.25) is 0 Å². The van der Waals surface area contributed by atoms with E-state index in [1.807, 2.05) is 4.90 Å². The van der Waals surface area contributed by atoms with Crippen LogP contribution in [0.5, 0.6) is 0 Å². The minimum atomic E-state index is 0.258. The quantitative estimate of drug-likeness (QED) is 0.867. The van der Waals surface area contributed by atoms with E-state index in [1.165, 1.54) is 5.56 Å². The molecule has 1 aromatic carbocycles. The van der Waals surface area contributed by atoms with Crippen LogP contribution in [0.15, 0.2) is 36.7 Å². The van der Waals surface area contributed by atoms with Crippen LogP contribution >= 0.6 is 12.2 Å². The molecule has 0 radical (unpaired) electrons. The molecule has 1 heterocycles. The van der Waals surface area contributed by atoms with E-state index in [0.717, 1.165) is 12.2 Å². The molecule has 19 heavy (non-hydrogen) atoms. The minimum Gasteiger partial charge on any atom is -0.388 e. The van der Waals surface area contributed by atoms with Crippen molar-refractivity contribution in [3.8, 4) is 0 Å². The molecule has 0 saturated carbocycles. The third kappa shape index (κ3) is 2.88. The zero-order valence-corrected chi connectivity index (χ0v) is 11.8. The van der Waals surface area contributed by atoms with Crippen molar-refractivity contribution in [2.24, 2.45) is 5.73 Å². The highest BCUT2D eigenvalue weighted by atomic mass is 32.1. The van der Waals surface area contributed by atoms with Crippen LogP contribution in [0, 0.1) is 6.92 Å². The third-order valence-electron chi connectivity index (χ3n) is 2.83. The van der Waals surface area contributed by atoms with Crippen LogP contribution in [0.25, 0.3) is 0 Å². The maximum Gasteiger partial charge on any atom is 0.162 e. The van der Waals surface area contributed by atoms with Gasteiger partial charge in [0.2, 0.25) is 0 Å². The van der Waals surface area contributed by atoms with Crippen molar-refractivity contribution >= 4 is 28.7 Å². The van der Waals surface area contributed by atoms with Gasteiger partial charge in [0.15, 0.2) is 5.82 Å². The van der Waals surface area contributed by atoms with Crippen molar-refractivity contribution < 1.29 is 0 Å². The predicted octanol–water partition coefficient (Wildman–Crippen LogP) is 2.58. The Labute approximate surface area is 118 Å². The molecule has 0 spiro atoms. The van der Waals surface area contributed by atoms with Crippen molar-refractivity contribution in [3.63, 3.8) is 0 Å². The fourth-order valence-electron chi connectivity index (χ4n) is 1.88. The van der Waals surface area contributed by atoms with Crippen molar-refractivity contribution in [2.75, 3.05) is 11.4 Å². The summed E-state index contributed by atoms with van der Waals surface area (Å²) in [5.74, 6) is 0.696. The number of aryl methyl sites for hydroxylation is 1. The van der Waals surface area contributed by atoms with Crippen molar-refractivity contribution in [3.05, 3.63) is 47.9 Å². The zero-order valence-electron chi connectivity index (χ0n) is 11.0. The Morgan fingerprint density at radius 1 is 1.21 bits per heavy atom. The van der Waals surface area contributed by atoms with Crippen LogP contribution in [0.4, 0.5) is 11.5 Å². The molecular formula is C14H16N4S. The molecule has 0 atom stereocenters. The summed E-state index contributed by atoms with van der Waals surface area (Å²) >= 11 is 5.04. The Bertz CT molecular complexity index is 580. The van der Waals surface area contributed by atoms with Gasteiger partial charge in [0.25, 0.3) is 0 Å². The number of aromatic nitrogens is 2. The van der Waals surface area contributed by atoms with Crippen LogP contribution in [-0.4, -0.2) is 21.5 Å². The predicted molar refractivity (Wildman–Crippen MR) is 81.8 cm³/mol. The molecule has 2 rings (SSSR count). The highest BCUT2D eigenvalue weighted by Gasteiger charge is 2.15. The molecule has 0 aliphatic heterocycles. The fraction of sp³-hybridized carbons (Fsp3) is 0.214. The van der Waals surface area contributed by atoms with Gasteiger partial charge in [-0.15, -0.1) is 0 Å². The van der Waals surface area contributed by atoms with E-state index in [1.54, 1.807) is 12.4 Å². The van der Waals surface area contributed by atoms with E-state index in [2.05, 4.69) is 48.1 Å². The van der Waals surface area contributed by atoms with Crippen LogP contribution in [-0.2, 0) is 0 Å². The molecule has 2 N–H and O–H groups in total. The Kier molecular flexibility index (Phi) is 4.06. The van der Waals surface area contributed by atoms with Crippen LogP contribution in [0.3, 0.4) is 0 Å². The van der Waals surface area contributed by atoms with Crippen molar-refractivity contribution in [2.45, 2.75) is 13.8 Å². The molecule has 4 nitrogen and oxygen atoms in total. The molecule has 0 saturated heterocycles. The second kappa shape index (κ2) is 5.75. The summed E-state index contributed by atoms with van der Waals surface area (Å²) in [5, 5.41) is 0. The van der Waals surface area contributed by atoms with E-state index < -0.39 is 0 Å². The number of benzene rings is 1. The molecule has 2 aromatic rings. The average Bonchev–Trinajstić information content (AvgIpc) is 2.42. The monoisotopic (exact) mass is 272 g/mol. The van der Waals surface area contributed by atoms with Gasteiger partial charge in [-0.05, 0) is 26.0 Å². The first-order valence-electron chi connectivity index (χ1n) is 6.08. The molecule has 0 aliphatic rings. The number of anilines is 2. The number of thiocarbonyl (C=S) groups is 1. The Morgan fingerprint density at radius 3 is 2.42 bits per heavy atom. The third-order valence-corrected chi connectivity index (χ3v) is 3.02. The summed E-state index contributed by atoms with van der Waals surface area (Å²) in [6, 6.07) is 8.23. The minimum absolute atomic E-state index is 0.258. The highest BCUT2D eigenvalue weighted by Crippen LogP contribution is 2.25. The molecule has 0 fully saturated rings. The van der Waals surface area contributed by atoms with Gasteiger partial charge in [0.1, 0.15) is 10.7 Å². The van der Waals surface area contributed by atoms with Gasteiger partial charge in [-0.25, -0.2) is 9.97 Å². The van der Waals surface area contributed by atoms with Gasteiger partial charge in [0.05, 0.1) is 0 Å². The number of hydrogen-bond acceptors (Lipinski definition) is 4. The van der Waals surface area contributed by atoms with E-state index in [0.29, 0.717) is 11.5 Å². The molecule has 5 heteroatoms. The van der Waals surface area contributed by atoms with Gasteiger partial charge >= 0.3 is 0 Å². The zero-order chi connectivity index (χ0) is 13.8. The number of hydrogen-bond donors (Lipinski definition) is 1. The standard InChI is InChI=1S/C14H16N4S/c1-3-18(11-6-4-10(2)5-7-11)14-12(13(15)19)16-8-9-17-14/h4-9H,3H2,1-2H3,(H2,15,19). The van der Waals surface area contributed by atoms with E-state index >= 15 is 0 Å². The number of nitrogens with two attached hydrogens (primary N) is 1. The summed E-state index contributed by atoms with van der Waals surface area (Å²) in [6.45, 7) is 4.87. The lowest BCUT2D eigenvalue weighted by Gasteiger charge is -2.23. The molecule has 0 bridgehead atoms. The lowest BCUT2D eigenvalue weighted by atomic mass is 10.2. The Balaban J connectivity index is 2.48. The molecule has 0 amide bonds. The summed E-state index contributed by atoms with van der Waals surface area (Å²) < 4.78 is 0. The van der Waals surface area contributed by atoms with E-state index in [9.17, 15) is 0 Å². The van der Waals surface area contributed by atoms with Crippen molar-refractivity contribution in [1.29, 1.82) is 0 Å². The maximum absolute atomic E-state index is 5.71. The smallest absolute Gasteiger partial charge is 0.162 e. The summed E-state index contributed by atoms with van der Waals surface area (Å²) in [6.07, 6.45) is 3.24. The SMILES string of the molecule is CCN(c1ccc(C)cc1)c1nccnc1C(N)=S. The Morgan fingerprint density at radius 2 is 1.84 bits per heavy atom. The van der Waals surface area contributed by atoms with Gasteiger partial charge < -0.3 is 10.6 Å². The molecule has 0 unspecified atom stereocenters. The highest BCUT2D eigenvalue weighted by molar-refractivity contribution is 7.80. The molecule has 98 valence electrons. The topological polar surface area (TPSA) is 55.0 Å². The van der Waals surface area contributed by atoms with Gasteiger partial charge in [-0.2, -0.15) is 0 Å². The first-order chi connectivity index (χ1) is 9.13. The van der Waals surface area contributed by atoms with Gasteiger partial charge in [0, 0.05) is 24.6 Å². The lowest BCUT2D eigenvalue weighted by molar-refractivity contribution is 0.971. The van der Waals surface area contributed by atoms with Crippen molar-refractivity contribution in [1.82, 2.24) is 9.97 Å². The summed E-state index contributed by atoms with van der Waals surface area (Å²) in [7, 11) is 0. The summed E-state index contributed by atoms with van der Waals surface area (Å²) in [5.41, 5.74) is 8.53. The molecule has 0 aliphatic carbocycles. The molecule has 1 aromatic heterocycles. The van der Waals surface area contributed by atoms with Gasteiger partial charge in [-0.1, -0.05) is 29.9 Å². The largest absolute Gasteiger partial charge is 0.388 e. The van der Waals surface area contributed by atoms with Crippen LogP contribution < -0.4 is 10.6 Å². The second-order valence-corrected chi connectivity index (χ2v) is 4.61. The van der Waals surface area contributed by atoms with Crippen LogP contribution in [0.2, 0.25) is 0 Å². The lowest BCUT2D eigenvalue weighted by Crippen LogP contribution is -2.23. The number of rotatable bonds is 4. The van der Waals surface area contributed by atoms with E-state index in [-0.39, 0.29) is 4.99 Å². The molecular weight excluding hydrogens is 256 g/mol. The van der Waals surface area contributed by atoms with E-state index in [4.69, 9.17) is 18.0 Å². The second-order valence-electron chi connectivity index (χ2n) is 4.17. The first-order valence-corrected chi connectivity index (χ1v) is 6.49. The average molecular weight is 272 g/mol. The number of nitrogens with zero attached hydrogens (tertiary/aromatic N) is 3.